The third kappa shape index (κ3) is 2.60. The first-order valence-corrected chi connectivity index (χ1v) is 6.12. The molecule has 0 spiro atoms. The van der Waals surface area contributed by atoms with Crippen molar-refractivity contribution in [3.05, 3.63) is 35.3 Å². The molecule has 6 heteroatoms. The molecule has 94 valence electrons. The zero-order chi connectivity index (χ0) is 13.1. The molecular weight excluding hydrogens is 254 g/mol. The Hall–Kier alpha value is -2.08. The van der Waals surface area contributed by atoms with E-state index in [4.69, 9.17) is 10.2 Å². The molecule has 0 bridgehead atoms. The van der Waals surface area contributed by atoms with Gasteiger partial charge < -0.3 is 14.8 Å². The summed E-state index contributed by atoms with van der Waals surface area (Å²) in [7, 11) is 0. The van der Waals surface area contributed by atoms with E-state index in [1.807, 2.05) is 17.5 Å². The van der Waals surface area contributed by atoms with Gasteiger partial charge in [-0.1, -0.05) is 6.07 Å². The molecule has 0 radical (unpaired) electrons. The summed E-state index contributed by atoms with van der Waals surface area (Å²) in [6.45, 7) is -0.233. The largest absolute Gasteiger partial charge is 0.481 e. The van der Waals surface area contributed by atoms with Crippen LogP contribution in [0.15, 0.2) is 29.6 Å². The quantitative estimate of drug-likeness (QED) is 0.865. The second-order valence-corrected chi connectivity index (χ2v) is 4.69. The van der Waals surface area contributed by atoms with E-state index in [9.17, 15) is 9.59 Å². The van der Waals surface area contributed by atoms with Crippen molar-refractivity contribution < 1.29 is 19.8 Å². The zero-order valence-electron chi connectivity index (χ0n) is 9.37. The first-order valence-electron chi connectivity index (χ1n) is 5.24. The van der Waals surface area contributed by atoms with Gasteiger partial charge in [0.15, 0.2) is 0 Å². The summed E-state index contributed by atoms with van der Waals surface area (Å²) in [4.78, 5) is 22.5. The number of carboxylic acids is 2. The van der Waals surface area contributed by atoms with Gasteiger partial charge in [-0.05, 0) is 23.6 Å². The van der Waals surface area contributed by atoms with Crippen LogP contribution in [-0.2, 0) is 22.6 Å². The molecule has 2 aromatic rings. The topological polar surface area (TPSA) is 79.5 Å². The highest BCUT2D eigenvalue weighted by molar-refractivity contribution is 7.13. The van der Waals surface area contributed by atoms with E-state index in [-0.39, 0.29) is 13.0 Å². The third-order valence-corrected chi connectivity index (χ3v) is 3.36. The highest BCUT2D eigenvalue weighted by Gasteiger charge is 2.15. The lowest BCUT2D eigenvalue weighted by Gasteiger charge is -2.09. The van der Waals surface area contributed by atoms with Crippen molar-refractivity contribution in [2.24, 2.45) is 0 Å². The summed E-state index contributed by atoms with van der Waals surface area (Å²) in [6, 6.07) is 7.16. The molecule has 0 aromatic carbocycles. The molecular formula is C12H11NO4S. The van der Waals surface area contributed by atoms with Gasteiger partial charge in [0, 0.05) is 5.69 Å². The van der Waals surface area contributed by atoms with Crippen LogP contribution in [0.4, 0.5) is 0 Å². The fourth-order valence-corrected chi connectivity index (χ4v) is 2.54. The summed E-state index contributed by atoms with van der Waals surface area (Å²) >= 11 is 1.49. The molecule has 0 saturated heterocycles. The number of hydrogen-bond acceptors (Lipinski definition) is 3. The molecule has 0 aliphatic rings. The van der Waals surface area contributed by atoms with Gasteiger partial charge in [0.05, 0.1) is 17.0 Å². The van der Waals surface area contributed by atoms with Crippen LogP contribution >= 0.6 is 11.3 Å². The van der Waals surface area contributed by atoms with Gasteiger partial charge in [-0.2, -0.15) is 0 Å². The van der Waals surface area contributed by atoms with Crippen molar-refractivity contribution in [3.63, 3.8) is 0 Å². The number of nitrogens with zero attached hydrogens (tertiary/aromatic N) is 1. The minimum absolute atomic E-state index is 0.182. The van der Waals surface area contributed by atoms with Crippen LogP contribution in [0.25, 0.3) is 10.6 Å². The molecule has 0 atom stereocenters. The standard InChI is InChI=1S/C12H11NO4S/c14-11(15)6-8-3-4-9(10-2-1-5-18-10)13(8)7-12(16)17/h1-5H,6-7H2,(H,14,15)(H,16,17). The molecule has 2 rings (SSSR count). The smallest absolute Gasteiger partial charge is 0.323 e. The predicted molar refractivity (Wildman–Crippen MR) is 66.7 cm³/mol. The highest BCUT2D eigenvalue weighted by Crippen LogP contribution is 2.27. The summed E-state index contributed by atoms with van der Waals surface area (Å²) in [6.07, 6.45) is -0.182. The number of aromatic nitrogens is 1. The maximum absolute atomic E-state index is 10.9. The average Bonchev–Trinajstić information content (AvgIpc) is 2.87. The third-order valence-electron chi connectivity index (χ3n) is 2.47. The SMILES string of the molecule is O=C(O)Cc1ccc(-c2cccs2)n1CC(=O)O. The Labute approximate surface area is 107 Å². The predicted octanol–water partition coefficient (Wildman–Crippen LogP) is 1.93. The number of carboxylic acid groups (broad SMARTS) is 2. The fraction of sp³-hybridized carbons (Fsp3) is 0.167. The van der Waals surface area contributed by atoms with Crippen LogP contribution in [-0.4, -0.2) is 26.7 Å². The van der Waals surface area contributed by atoms with Gasteiger partial charge in [-0.25, -0.2) is 0 Å². The lowest BCUT2D eigenvalue weighted by atomic mass is 10.3. The molecule has 2 N–H and O–H groups in total. The monoisotopic (exact) mass is 265 g/mol. The van der Waals surface area contributed by atoms with E-state index in [2.05, 4.69) is 0 Å². The molecule has 2 heterocycles. The van der Waals surface area contributed by atoms with Crippen molar-refractivity contribution in [1.82, 2.24) is 4.57 Å². The molecule has 0 aliphatic heterocycles. The average molecular weight is 265 g/mol. The number of rotatable bonds is 5. The van der Waals surface area contributed by atoms with E-state index in [1.54, 1.807) is 12.1 Å². The zero-order valence-corrected chi connectivity index (χ0v) is 10.2. The summed E-state index contributed by atoms with van der Waals surface area (Å²) < 4.78 is 1.53. The van der Waals surface area contributed by atoms with Crippen molar-refractivity contribution in [2.75, 3.05) is 0 Å². The minimum Gasteiger partial charge on any atom is -0.481 e. The maximum atomic E-state index is 10.9. The molecule has 0 fully saturated rings. The number of carbonyl (C=O) groups is 2. The van der Waals surface area contributed by atoms with Crippen LogP contribution < -0.4 is 0 Å². The Kier molecular flexibility index (Phi) is 3.47. The fourth-order valence-electron chi connectivity index (χ4n) is 1.78. The summed E-state index contributed by atoms with van der Waals surface area (Å²) in [5, 5.41) is 19.6. The second kappa shape index (κ2) is 5.05. The Morgan fingerprint density at radius 1 is 1.17 bits per heavy atom. The second-order valence-electron chi connectivity index (χ2n) is 3.74. The summed E-state index contributed by atoms with van der Waals surface area (Å²) in [5.74, 6) is -1.96. The van der Waals surface area contributed by atoms with Crippen LogP contribution in [0.3, 0.4) is 0 Å². The van der Waals surface area contributed by atoms with Crippen LogP contribution in [0.5, 0.6) is 0 Å². The highest BCUT2D eigenvalue weighted by atomic mass is 32.1. The first-order chi connectivity index (χ1) is 8.58. The number of hydrogen-bond donors (Lipinski definition) is 2. The summed E-state index contributed by atoms with van der Waals surface area (Å²) in [5.41, 5.74) is 1.23. The van der Waals surface area contributed by atoms with E-state index in [0.717, 1.165) is 10.6 Å². The molecule has 5 nitrogen and oxygen atoms in total. The van der Waals surface area contributed by atoms with Crippen LogP contribution in [0, 0.1) is 0 Å². The van der Waals surface area contributed by atoms with Crippen molar-refractivity contribution >= 4 is 23.3 Å². The normalized spacial score (nSPS) is 10.4. The van der Waals surface area contributed by atoms with Gasteiger partial charge in [-0.15, -0.1) is 11.3 Å². The van der Waals surface area contributed by atoms with Crippen molar-refractivity contribution in [1.29, 1.82) is 0 Å². The molecule has 0 saturated carbocycles. The maximum Gasteiger partial charge on any atom is 0.323 e. The lowest BCUT2D eigenvalue weighted by Crippen LogP contribution is -2.14. The molecule has 0 amide bonds. The Morgan fingerprint density at radius 2 is 1.94 bits per heavy atom. The minimum atomic E-state index is -0.990. The number of aliphatic carboxylic acids is 2. The van der Waals surface area contributed by atoms with E-state index >= 15 is 0 Å². The van der Waals surface area contributed by atoms with Crippen molar-refractivity contribution in [3.8, 4) is 10.6 Å². The number of thiophene rings is 1. The Bertz CT molecular complexity index is 571. The van der Waals surface area contributed by atoms with Gasteiger partial charge in [0.25, 0.3) is 0 Å². The van der Waals surface area contributed by atoms with Gasteiger partial charge in [0.2, 0.25) is 0 Å². The van der Waals surface area contributed by atoms with Gasteiger partial charge in [-0.3, -0.25) is 9.59 Å². The first kappa shape index (κ1) is 12.4. The van der Waals surface area contributed by atoms with Gasteiger partial charge >= 0.3 is 11.9 Å². The Morgan fingerprint density at radius 3 is 2.50 bits per heavy atom. The van der Waals surface area contributed by atoms with Crippen LogP contribution in [0.1, 0.15) is 5.69 Å². The van der Waals surface area contributed by atoms with Gasteiger partial charge in [0.1, 0.15) is 6.54 Å². The van der Waals surface area contributed by atoms with E-state index < -0.39 is 11.9 Å². The Balaban J connectivity index is 2.43. The van der Waals surface area contributed by atoms with Crippen LogP contribution in [0.2, 0.25) is 0 Å². The van der Waals surface area contributed by atoms with E-state index in [1.165, 1.54) is 15.9 Å². The molecule has 2 aromatic heterocycles. The molecule has 0 unspecified atom stereocenters. The van der Waals surface area contributed by atoms with Crippen molar-refractivity contribution in [2.45, 2.75) is 13.0 Å². The molecule has 18 heavy (non-hydrogen) atoms. The molecule has 0 aliphatic carbocycles. The van der Waals surface area contributed by atoms with E-state index in [0.29, 0.717) is 5.69 Å². The lowest BCUT2D eigenvalue weighted by molar-refractivity contribution is -0.139.